The molecule has 0 spiro atoms. The van der Waals surface area contributed by atoms with Crippen molar-refractivity contribution in [3.8, 4) is 11.4 Å². The highest BCUT2D eigenvalue weighted by Gasteiger charge is 2.19. The van der Waals surface area contributed by atoms with Gasteiger partial charge in [-0.25, -0.2) is 9.97 Å². The Balaban J connectivity index is 1.96. The standard InChI is InChI=1S/C14H13ClN2OS/c1-18-6-9-2-4-10(5-3-9)14-16-12-8-19-7-11(12)13(15)17-14/h2-5H,6-8H2,1H3. The van der Waals surface area contributed by atoms with Crippen LogP contribution in [0.25, 0.3) is 11.4 Å². The van der Waals surface area contributed by atoms with Crippen molar-refractivity contribution in [2.24, 2.45) is 0 Å². The number of hydrogen-bond acceptors (Lipinski definition) is 4. The van der Waals surface area contributed by atoms with E-state index in [-0.39, 0.29) is 0 Å². The van der Waals surface area contributed by atoms with Crippen LogP contribution in [-0.4, -0.2) is 17.1 Å². The second-order valence-corrected chi connectivity index (χ2v) is 5.73. The average Bonchev–Trinajstić information content (AvgIpc) is 2.89. The summed E-state index contributed by atoms with van der Waals surface area (Å²) >= 11 is 8.05. The van der Waals surface area contributed by atoms with Gasteiger partial charge in [0.2, 0.25) is 0 Å². The van der Waals surface area contributed by atoms with E-state index in [2.05, 4.69) is 9.97 Å². The Morgan fingerprint density at radius 3 is 2.74 bits per heavy atom. The number of methoxy groups -OCH3 is 1. The van der Waals surface area contributed by atoms with Crippen LogP contribution in [0.2, 0.25) is 5.15 Å². The fraction of sp³-hybridized carbons (Fsp3) is 0.286. The molecule has 1 aromatic heterocycles. The molecule has 0 bridgehead atoms. The van der Waals surface area contributed by atoms with Crippen LogP contribution >= 0.6 is 23.4 Å². The summed E-state index contributed by atoms with van der Waals surface area (Å²) < 4.78 is 5.10. The average molecular weight is 293 g/mol. The van der Waals surface area contributed by atoms with E-state index in [1.54, 1.807) is 7.11 Å². The van der Waals surface area contributed by atoms with Crippen molar-refractivity contribution in [3.05, 3.63) is 46.2 Å². The molecule has 1 aromatic carbocycles. The number of aromatic nitrogens is 2. The molecule has 0 fully saturated rings. The predicted octanol–water partition coefficient (Wildman–Crippen LogP) is 3.69. The number of thioether (sulfide) groups is 1. The minimum Gasteiger partial charge on any atom is -0.380 e. The Kier molecular flexibility index (Phi) is 3.73. The van der Waals surface area contributed by atoms with Gasteiger partial charge in [-0.2, -0.15) is 11.8 Å². The van der Waals surface area contributed by atoms with Crippen LogP contribution in [0.15, 0.2) is 24.3 Å². The lowest BCUT2D eigenvalue weighted by Gasteiger charge is -2.06. The van der Waals surface area contributed by atoms with Crippen LogP contribution in [0, 0.1) is 0 Å². The Hall–Kier alpha value is -1.10. The molecule has 3 rings (SSSR count). The highest BCUT2D eigenvalue weighted by molar-refractivity contribution is 7.98. The summed E-state index contributed by atoms with van der Waals surface area (Å²) in [6.45, 7) is 0.614. The van der Waals surface area contributed by atoms with Gasteiger partial charge in [-0.05, 0) is 5.56 Å². The van der Waals surface area contributed by atoms with Gasteiger partial charge in [-0.3, -0.25) is 0 Å². The highest BCUT2D eigenvalue weighted by atomic mass is 35.5. The maximum Gasteiger partial charge on any atom is 0.161 e. The molecule has 0 saturated carbocycles. The molecule has 0 amide bonds. The quantitative estimate of drug-likeness (QED) is 0.808. The number of fused-ring (bicyclic) bond motifs is 1. The zero-order valence-corrected chi connectivity index (χ0v) is 12.1. The second kappa shape index (κ2) is 5.49. The summed E-state index contributed by atoms with van der Waals surface area (Å²) in [6, 6.07) is 8.07. The first-order valence-corrected chi connectivity index (χ1v) is 7.52. The van der Waals surface area contributed by atoms with E-state index >= 15 is 0 Å². The van der Waals surface area contributed by atoms with E-state index in [1.165, 1.54) is 0 Å². The number of nitrogens with zero attached hydrogens (tertiary/aromatic N) is 2. The zero-order chi connectivity index (χ0) is 13.2. The summed E-state index contributed by atoms with van der Waals surface area (Å²) in [6.07, 6.45) is 0. The van der Waals surface area contributed by atoms with Gasteiger partial charge in [0.15, 0.2) is 5.82 Å². The Bertz CT molecular complexity index is 601. The number of hydrogen-bond donors (Lipinski definition) is 0. The molecule has 0 unspecified atom stereocenters. The van der Waals surface area contributed by atoms with Gasteiger partial charge in [0, 0.05) is 29.7 Å². The Morgan fingerprint density at radius 2 is 2.00 bits per heavy atom. The summed E-state index contributed by atoms with van der Waals surface area (Å²) in [4.78, 5) is 9.01. The minimum absolute atomic E-state index is 0.589. The van der Waals surface area contributed by atoms with E-state index in [4.69, 9.17) is 16.3 Å². The third-order valence-electron chi connectivity index (χ3n) is 3.05. The van der Waals surface area contributed by atoms with Crippen molar-refractivity contribution < 1.29 is 4.74 Å². The van der Waals surface area contributed by atoms with E-state index in [9.17, 15) is 0 Å². The van der Waals surface area contributed by atoms with Gasteiger partial charge in [0.05, 0.1) is 12.3 Å². The summed E-state index contributed by atoms with van der Waals surface area (Å²) in [5, 5.41) is 0.589. The van der Waals surface area contributed by atoms with Crippen LogP contribution in [-0.2, 0) is 22.8 Å². The monoisotopic (exact) mass is 292 g/mol. The molecule has 5 heteroatoms. The molecule has 3 nitrogen and oxygen atoms in total. The van der Waals surface area contributed by atoms with E-state index in [0.29, 0.717) is 17.6 Å². The molecule has 0 N–H and O–H groups in total. The van der Waals surface area contributed by atoms with Crippen LogP contribution in [0.4, 0.5) is 0 Å². The van der Waals surface area contributed by atoms with E-state index < -0.39 is 0 Å². The lowest BCUT2D eigenvalue weighted by atomic mass is 10.1. The molecule has 2 aromatic rings. The summed E-state index contributed by atoms with van der Waals surface area (Å²) in [5.74, 6) is 2.54. The molecule has 98 valence electrons. The third kappa shape index (κ3) is 2.61. The van der Waals surface area contributed by atoms with Crippen molar-refractivity contribution in [1.82, 2.24) is 9.97 Å². The van der Waals surface area contributed by atoms with Gasteiger partial charge in [-0.15, -0.1) is 0 Å². The lowest BCUT2D eigenvalue weighted by Crippen LogP contribution is -1.97. The van der Waals surface area contributed by atoms with Crippen molar-refractivity contribution in [1.29, 1.82) is 0 Å². The van der Waals surface area contributed by atoms with Crippen LogP contribution in [0.1, 0.15) is 16.8 Å². The molecular weight excluding hydrogens is 280 g/mol. The van der Waals surface area contributed by atoms with Crippen LogP contribution in [0.5, 0.6) is 0 Å². The molecule has 0 saturated heterocycles. The normalized spacial score (nSPS) is 13.6. The van der Waals surface area contributed by atoms with Gasteiger partial charge in [-0.1, -0.05) is 35.9 Å². The highest BCUT2D eigenvalue weighted by Crippen LogP contribution is 2.34. The molecule has 0 atom stereocenters. The molecule has 19 heavy (non-hydrogen) atoms. The van der Waals surface area contributed by atoms with Crippen molar-refractivity contribution in [3.63, 3.8) is 0 Å². The molecular formula is C14H13ClN2OS. The number of benzene rings is 1. The van der Waals surface area contributed by atoms with Crippen LogP contribution < -0.4 is 0 Å². The molecule has 0 radical (unpaired) electrons. The fourth-order valence-corrected chi connectivity index (χ4v) is 3.43. The smallest absolute Gasteiger partial charge is 0.161 e. The second-order valence-electron chi connectivity index (χ2n) is 4.39. The number of halogens is 1. The van der Waals surface area contributed by atoms with Crippen molar-refractivity contribution >= 4 is 23.4 Å². The largest absolute Gasteiger partial charge is 0.380 e. The first-order chi connectivity index (χ1) is 9.28. The van der Waals surface area contributed by atoms with Gasteiger partial charge in [0.25, 0.3) is 0 Å². The van der Waals surface area contributed by atoms with Crippen LogP contribution in [0.3, 0.4) is 0 Å². The number of ether oxygens (including phenoxy) is 1. The predicted molar refractivity (Wildman–Crippen MR) is 78.2 cm³/mol. The Morgan fingerprint density at radius 1 is 1.21 bits per heavy atom. The molecule has 1 aliphatic heterocycles. The van der Waals surface area contributed by atoms with Gasteiger partial charge >= 0.3 is 0 Å². The van der Waals surface area contributed by atoms with E-state index in [0.717, 1.165) is 33.9 Å². The van der Waals surface area contributed by atoms with Crippen molar-refractivity contribution in [2.45, 2.75) is 18.1 Å². The maximum absolute atomic E-state index is 6.22. The Labute approximate surface area is 121 Å². The fourth-order valence-electron chi connectivity index (χ4n) is 2.06. The van der Waals surface area contributed by atoms with Gasteiger partial charge in [0.1, 0.15) is 5.15 Å². The first kappa shape index (κ1) is 12.9. The lowest BCUT2D eigenvalue weighted by molar-refractivity contribution is 0.185. The van der Waals surface area contributed by atoms with Gasteiger partial charge < -0.3 is 4.74 Å². The SMILES string of the molecule is COCc1ccc(-c2nc(Cl)c3c(n2)CSC3)cc1. The number of rotatable bonds is 3. The molecule has 1 aliphatic rings. The summed E-state index contributed by atoms with van der Waals surface area (Å²) in [7, 11) is 1.69. The first-order valence-electron chi connectivity index (χ1n) is 5.99. The third-order valence-corrected chi connectivity index (χ3v) is 4.33. The topological polar surface area (TPSA) is 35.0 Å². The van der Waals surface area contributed by atoms with Crippen molar-refractivity contribution in [2.75, 3.05) is 7.11 Å². The molecule has 2 heterocycles. The summed E-state index contributed by atoms with van der Waals surface area (Å²) in [5.41, 5.74) is 4.28. The van der Waals surface area contributed by atoms with E-state index in [1.807, 2.05) is 36.0 Å². The zero-order valence-electron chi connectivity index (χ0n) is 10.5. The maximum atomic E-state index is 6.22. The minimum atomic E-state index is 0.589. The molecule has 0 aliphatic carbocycles.